The van der Waals surface area contributed by atoms with Crippen LogP contribution in [0.5, 0.6) is 0 Å². The molecule has 1 heterocycles. The summed E-state index contributed by atoms with van der Waals surface area (Å²) in [5.74, 6) is 1.18. The van der Waals surface area contributed by atoms with Crippen molar-refractivity contribution in [3.63, 3.8) is 0 Å². The Balaban J connectivity index is 0.000000980. The third kappa shape index (κ3) is 2.22. The van der Waals surface area contributed by atoms with Gasteiger partial charge in [0.1, 0.15) is 5.76 Å². The van der Waals surface area contributed by atoms with Crippen molar-refractivity contribution in [3.8, 4) is 11.3 Å². The highest BCUT2D eigenvalue weighted by Gasteiger charge is 2.01. The second-order valence-corrected chi connectivity index (χ2v) is 3.15. The van der Waals surface area contributed by atoms with Crippen molar-refractivity contribution < 1.29 is 4.42 Å². The van der Waals surface area contributed by atoms with E-state index >= 15 is 0 Å². The molecule has 0 bridgehead atoms. The molecule has 1 aromatic carbocycles. The minimum atomic E-state index is 0. The lowest BCUT2D eigenvalue weighted by Gasteiger charge is -1.95. The molecule has 2 N–H and O–H groups in total. The third-order valence-corrected chi connectivity index (χ3v) is 2.01. The molecule has 0 unspecified atom stereocenters. The van der Waals surface area contributed by atoms with Gasteiger partial charge in [-0.1, -0.05) is 11.6 Å². The van der Waals surface area contributed by atoms with Crippen LogP contribution >= 0.6 is 24.0 Å². The highest BCUT2D eigenvalue weighted by Crippen LogP contribution is 2.24. The summed E-state index contributed by atoms with van der Waals surface area (Å²) in [4.78, 5) is 0. The lowest BCUT2D eigenvalue weighted by atomic mass is 10.2. The monoisotopic (exact) mass is 229 g/mol. The Bertz CT molecular complexity index is 408. The van der Waals surface area contributed by atoms with Gasteiger partial charge in [0.05, 0.1) is 0 Å². The van der Waals surface area contributed by atoms with Gasteiger partial charge in [-0.25, -0.2) is 0 Å². The number of halogens is 2. The molecule has 4 heteroatoms. The largest absolute Gasteiger partial charge is 0.441 e. The molecule has 0 saturated carbocycles. The second kappa shape index (κ2) is 4.40. The zero-order chi connectivity index (χ0) is 9.26. The Morgan fingerprint density at radius 3 is 2.14 bits per heavy atom. The summed E-state index contributed by atoms with van der Waals surface area (Å²) in [5, 5.41) is 0.711. The van der Waals surface area contributed by atoms with Gasteiger partial charge >= 0.3 is 0 Å². The predicted octanol–water partition coefficient (Wildman–Crippen LogP) is 3.60. The van der Waals surface area contributed by atoms with Gasteiger partial charge in [-0.3, -0.25) is 0 Å². The zero-order valence-corrected chi connectivity index (χ0v) is 8.81. The van der Waals surface area contributed by atoms with E-state index in [2.05, 4.69) is 0 Å². The van der Waals surface area contributed by atoms with Crippen molar-refractivity contribution in [2.75, 3.05) is 5.73 Å². The minimum Gasteiger partial charge on any atom is -0.441 e. The van der Waals surface area contributed by atoms with Crippen LogP contribution in [0.4, 0.5) is 5.88 Å². The standard InChI is InChI=1S/C10H8ClNO.ClH/c11-8-3-1-7(2-4-8)9-5-6-10(12)13-9;/h1-6H,12H2;1H. The summed E-state index contributed by atoms with van der Waals surface area (Å²) in [6.07, 6.45) is 0. The molecular weight excluding hydrogens is 221 g/mol. The fourth-order valence-corrected chi connectivity index (χ4v) is 1.25. The molecule has 0 amide bonds. The van der Waals surface area contributed by atoms with Crippen molar-refractivity contribution in [3.05, 3.63) is 41.4 Å². The topological polar surface area (TPSA) is 39.2 Å². The van der Waals surface area contributed by atoms with Crippen LogP contribution in [0, 0.1) is 0 Å². The smallest absolute Gasteiger partial charge is 0.190 e. The van der Waals surface area contributed by atoms with Crippen LogP contribution in [-0.4, -0.2) is 0 Å². The Morgan fingerprint density at radius 1 is 1.00 bits per heavy atom. The molecule has 1 aromatic heterocycles. The zero-order valence-electron chi connectivity index (χ0n) is 7.24. The van der Waals surface area contributed by atoms with E-state index in [1.807, 2.05) is 30.3 Å². The van der Waals surface area contributed by atoms with E-state index in [4.69, 9.17) is 21.8 Å². The Labute approximate surface area is 93.1 Å². The number of furan rings is 1. The number of hydrogen-bond donors (Lipinski definition) is 1. The Morgan fingerprint density at radius 2 is 1.64 bits per heavy atom. The van der Waals surface area contributed by atoms with E-state index in [-0.39, 0.29) is 12.4 Å². The van der Waals surface area contributed by atoms with Crippen LogP contribution in [0.3, 0.4) is 0 Å². The molecule has 0 radical (unpaired) electrons. The van der Waals surface area contributed by atoms with Crippen LogP contribution < -0.4 is 5.73 Å². The van der Waals surface area contributed by atoms with Crippen molar-refractivity contribution in [2.24, 2.45) is 0 Å². The van der Waals surface area contributed by atoms with Crippen molar-refractivity contribution in [1.29, 1.82) is 0 Å². The molecule has 14 heavy (non-hydrogen) atoms. The van der Waals surface area contributed by atoms with Gasteiger partial charge in [-0.2, -0.15) is 0 Å². The maximum absolute atomic E-state index is 5.75. The molecule has 0 aliphatic carbocycles. The molecule has 2 nitrogen and oxygen atoms in total. The first-order valence-electron chi connectivity index (χ1n) is 3.87. The first kappa shape index (κ1) is 11.0. The molecule has 0 aliphatic rings. The average molecular weight is 230 g/mol. The van der Waals surface area contributed by atoms with Crippen molar-refractivity contribution in [1.82, 2.24) is 0 Å². The third-order valence-electron chi connectivity index (χ3n) is 1.76. The first-order valence-corrected chi connectivity index (χ1v) is 4.25. The highest BCUT2D eigenvalue weighted by molar-refractivity contribution is 6.30. The van der Waals surface area contributed by atoms with Crippen LogP contribution in [0.1, 0.15) is 0 Å². The molecule has 0 fully saturated rings. The fraction of sp³-hybridized carbons (Fsp3) is 0. The molecule has 2 rings (SSSR count). The van der Waals surface area contributed by atoms with Gasteiger partial charge in [0.25, 0.3) is 0 Å². The van der Waals surface area contributed by atoms with E-state index in [1.165, 1.54) is 0 Å². The van der Waals surface area contributed by atoms with Gasteiger partial charge < -0.3 is 10.2 Å². The first-order chi connectivity index (χ1) is 6.25. The van der Waals surface area contributed by atoms with Crippen molar-refractivity contribution in [2.45, 2.75) is 0 Å². The van der Waals surface area contributed by atoms with E-state index in [0.717, 1.165) is 11.3 Å². The summed E-state index contributed by atoms with van der Waals surface area (Å²) in [6, 6.07) is 11.0. The summed E-state index contributed by atoms with van der Waals surface area (Å²) in [6.45, 7) is 0. The summed E-state index contributed by atoms with van der Waals surface area (Å²) >= 11 is 5.75. The minimum absolute atomic E-state index is 0. The van der Waals surface area contributed by atoms with Gasteiger partial charge in [-0.15, -0.1) is 12.4 Å². The fourth-order valence-electron chi connectivity index (χ4n) is 1.12. The lowest BCUT2D eigenvalue weighted by Crippen LogP contribution is -1.76. The Hall–Kier alpha value is -1.12. The summed E-state index contributed by atoms with van der Waals surface area (Å²) in [7, 11) is 0. The maximum atomic E-state index is 5.75. The van der Waals surface area contributed by atoms with E-state index < -0.39 is 0 Å². The number of hydrogen-bond acceptors (Lipinski definition) is 2. The summed E-state index contributed by atoms with van der Waals surface area (Å²) in [5.41, 5.74) is 6.43. The van der Waals surface area contributed by atoms with Crippen molar-refractivity contribution >= 4 is 29.9 Å². The van der Waals surface area contributed by atoms with Crippen LogP contribution in [0.25, 0.3) is 11.3 Å². The van der Waals surface area contributed by atoms with E-state index in [9.17, 15) is 0 Å². The number of nitrogen functional groups attached to an aromatic ring is 1. The van der Waals surface area contributed by atoms with Crippen LogP contribution in [0.2, 0.25) is 5.02 Å². The molecule has 2 aromatic rings. The van der Waals surface area contributed by atoms with Gasteiger partial charge in [0.15, 0.2) is 5.88 Å². The molecule has 0 atom stereocenters. The summed E-state index contributed by atoms with van der Waals surface area (Å²) < 4.78 is 5.24. The van der Waals surface area contributed by atoms with Gasteiger partial charge in [0.2, 0.25) is 0 Å². The number of rotatable bonds is 1. The number of anilines is 1. The average Bonchev–Trinajstić information content (AvgIpc) is 2.53. The van der Waals surface area contributed by atoms with Crippen LogP contribution in [-0.2, 0) is 0 Å². The lowest BCUT2D eigenvalue weighted by molar-refractivity contribution is 0.603. The molecule has 0 aliphatic heterocycles. The molecule has 0 spiro atoms. The van der Waals surface area contributed by atoms with Gasteiger partial charge in [0, 0.05) is 16.7 Å². The molecule has 74 valence electrons. The number of nitrogens with two attached hydrogens (primary N) is 1. The highest BCUT2D eigenvalue weighted by atomic mass is 35.5. The van der Waals surface area contributed by atoms with Gasteiger partial charge in [-0.05, 0) is 30.3 Å². The maximum Gasteiger partial charge on any atom is 0.190 e. The second-order valence-electron chi connectivity index (χ2n) is 2.71. The predicted molar refractivity (Wildman–Crippen MR) is 60.8 cm³/mol. The molecule has 0 saturated heterocycles. The quantitative estimate of drug-likeness (QED) is 0.812. The van der Waals surface area contributed by atoms with Crippen LogP contribution in [0.15, 0.2) is 40.8 Å². The van der Waals surface area contributed by atoms with E-state index in [1.54, 1.807) is 6.07 Å². The molecular formula is C10H9Cl2NO. The Kier molecular flexibility index (Phi) is 3.44. The number of benzene rings is 1. The van der Waals surface area contributed by atoms with E-state index in [0.29, 0.717) is 10.9 Å². The normalized spacial score (nSPS) is 9.50. The SMILES string of the molecule is Cl.Nc1ccc(-c2ccc(Cl)cc2)o1.